The molecule has 0 bridgehead atoms. The van der Waals surface area contributed by atoms with Crippen LogP contribution in [0, 0.1) is 0 Å². The van der Waals surface area contributed by atoms with Crippen molar-refractivity contribution < 1.29 is 17.9 Å². The molecule has 31 heavy (non-hydrogen) atoms. The normalized spacial score (nSPS) is 11.7. The quantitative estimate of drug-likeness (QED) is 0.450. The number of hydrogen-bond donors (Lipinski definition) is 1. The van der Waals surface area contributed by atoms with Gasteiger partial charge in [-0.3, -0.25) is 0 Å². The molecule has 1 aromatic heterocycles. The molecular formula is C24H22N2O4S. The minimum Gasteiger partial charge on any atom is -0.435 e. The molecule has 0 aliphatic heterocycles. The number of nitrogens with zero attached hydrogens (tertiary/aromatic N) is 2. The third-order valence-corrected chi connectivity index (χ3v) is 6.55. The van der Waals surface area contributed by atoms with Crippen LogP contribution in [0.15, 0.2) is 100 Å². The average Bonchev–Trinajstić information content (AvgIpc) is 3.27. The van der Waals surface area contributed by atoms with Gasteiger partial charge in [0, 0.05) is 24.2 Å². The van der Waals surface area contributed by atoms with Gasteiger partial charge in [-0.05, 0) is 17.7 Å². The summed E-state index contributed by atoms with van der Waals surface area (Å²) in [5.74, 6) is 0.400. The number of benzene rings is 3. The van der Waals surface area contributed by atoms with Crippen molar-refractivity contribution in [3.05, 3.63) is 96.6 Å². The molecule has 7 heteroatoms. The van der Waals surface area contributed by atoms with Crippen LogP contribution in [0.5, 0.6) is 0 Å². The van der Waals surface area contributed by atoms with Gasteiger partial charge in [-0.25, -0.2) is 8.42 Å². The predicted molar refractivity (Wildman–Crippen MR) is 118 cm³/mol. The van der Waals surface area contributed by atoms with Gasteiger partial charge in [0.15, 0.2) is 5.76 Å². The number of sulfonamides is 1. The summed E-state index contributed by atoms with van der Waals surface area (Å²) in [7, 11) is -4.06. The maximum Gasteiger partial charge on any atom is 0.264 e. The van der Waals surface area contributed by atoms with Crippen LogP contribution in [0.4, 0.5) is 0 Å². The number of oxazole rings is 1. The van der Waals surface area contributed by atoms with Crippen molar-refractivity contribution in [2.75, 3.05) is 13.2 Å². The Morgan fingerprint density at radius 1 is 0.806 bits per heavy atom. The molecule has 0 atom stereocenters. The SMILES string of the molecule is O=S(=O)(c1nc(-c2ccccc2)oc1-c1ccccc1)N(CCO)Cc1ccccc1. The van der Waals surface area contributed by atoms with E-state index in [4.69, 9.17) is 4.42 Å². The molecule has 3 aromatic carbocycles. The Kier molecular flexibility index (Phi) is 6.27. The molecule has 0 saturated heterocycles. The second-order valence-electron chi connectivity index (χ2n) is 6.93. The topological polar surface area (TPSA) is 83.6 Å². The fourth-order valence-electron chi connectivity index (χ4n) is 3.26. The van der Waals surface area contributed by atoms with Crippen LogP contribution >= 0.6 is 0 Å². The summed E-state index contributed by atoms with van der Waals surface area (Å²) in [6.45, 7) is -0.249. The highest BCUT2D eigenvalue weighted by Gasteiger charge is 2.33. The Bertz CT molecular complexity index is 1220. The van der Waals surface area contributed by atoms with Crippen LogP contribution in [0.1, 0.15) is 5.56 Å². The lowest BCUT2D eigenvalue weighted by molar-refractivity contribution is 0.251. The van der Waals surface area contributed by atoms with Crippen LogP contribution in [-0.4, -0.2) is 36.0 Å². The molecular weight excluding hydrogens is 412 g/mol. The Morgan fingerprint density at radius 3 is 1.94 bits per heavy atom. The van der Waals surface area contributed by atoms with Gasteiger partial charge in [-0.2, -0.15) is 9.29 Å². The largest absolute Gasteiger partial charge is 0.435 e. The van der Waals surface area contributed by atoms with E-state index in [1.165, 1.54) is 4.31 Å². The number of aromatic nitrogens is 1. The molecule has 0 aliphatic rings. The van der Waals surface area contributed by atoms with Crippen LogP contribution in [0.2, 0.25) is 0 Å². The number of rotatable bonds is 8. The summed E-state index contributed by atoms with van der Waals surface area (Å²) in [4.78, 5) is 4.40. The Hall–Kier alpha value is -3.26. The number of aliphatic hydroxyl groups is 1. The standard InChI is InChI=1S/C24H22N2O4S/c27-17-16-26(18-19-10-4-1-5-11-19)31(28,29)24-22(20-12-6-2-7-13-20)30-23(25-24)21-14-8-3-9-15-21/h1-15,27H,16-18H2. The van der Waals surface area contributed by atoms with E-state index < -0.39 is 10.0 Å². The molecule has 1 N–H and O–H groups in total. The zero-order valence-corrected chi connectivity index (χ0v) is 17.6. The summed E-state index contributed by atoms with van der Waals surface area (Å²) in [6, 6.07) is 27.4. The van der Waals surface area contributed by atoms with E-state index in [9.17, 15) is 13.5 Å². The molecule has 0 saturated carbocycles. The maximum atomic E-state index is 13.7. The zero-order chi connectivity index (χ0) is 21.7. The Labute approximate surface area is 181 Å². The molecule has 0 unspecified atom stereocenters. The van der Waals surface area contributed by atoms with Gasteiger partial charge in [0.25, 0.3) is 10.0 Å². The molecule has 0 fully saturated rings. The molecule has 0 spiro atoms. The van der Waals surface area contributed by atoms with E-state index in [0.717, 1.165) is 5.56 Å². The number of aliphatic hydroxyl groups excluding tert-OH is 1. The molecule has 4 aromatic rings. The molecule has 1 heterocycles. The van der Waals surface area contributed by atoms with Crippen LogP contribution < -0.4 is 0 Å². The summed E-state index contributed by atoms with van der Waals surface area (Å²) in [6.07, 6.45) is 0. The molecule has 6 nitrogen and oxygen atoms in total. The first kappa shape index (κ1) is 21.0. The van der Waals surface area contributed by atoms with Crippen molar-refractivity contribution in [2.45, 2.75) is 11.6 Å². The van der Waals surface area contributed by atoms with Crippen molar-refractivity contribution in [3.63, 3.8) is 0 Å². The third kappa shape index (κ3) is 4.59. The molecule has 4 rings (SSSR count). The lowest BCUT2D eigenvalue weighted by Gasteiger charge is -2.20. The maximum absolute atomic E-state index is 13.7. The van der Waals surface area contributed by atoms with Gasteiger partial charge < -0.3 is 9.52 Å². The van der Waals surface area contributed by atoms with Crippen molar-refractivity contribution in [1.82, 2.24) is 9.29 Å². The minimum absolute atomic E-state index is 0.0566. The smallest absolute Gasteiger partial charge is 0.264 e. The van der Waals surface area contributed by atoms with E-state index in [1.807, 2.05) is 78.9 Å². The summed E-state index contributed by atoms with van der Waals surface area (Å²) >= 11 is 0. The van der Waals surface area contributed by atoms with Crippen LogP contribution in [-0.2, 0) is 16.6 Å². The third-order valence-electron chi connectivity index (χ3n) is 4.79. The van der Waals surface area contributed by atoms with Gasteiger partial charge in [0.1, 0.15) is 0 Å². The highest BCUT2D eigenvalue weighted by Crippen LogP contribution is 2.34. The first-order chi connectivity index (χ1) is 15.1. The minimum atomic E-state index is -4.06. The van der Waals surface area contributed by atoms with Gasteiger partial charge in [0.2, 0.25) is 10.9 Å². The predicted octanol–water partition coefficient (Wildman–Crippen LogP) is 4.19. The first-order valence-electron chi connectivity index (χ1n) is 9.86. The van der Waals surface area contributed by atoms with Crippen molar-refractivity contribution >= 4 is 10.0 Å². The highest BCUT2D eigenvalue weighted by atomic mass is 32.2. The monoisotopic (exact) mass is 434 g/mol. The fraction of sp³-hybridized carbons (Fsp3) is 0.125. The van der Waals surface area contributed by atoms with Gasteiger partial charge in [-0.1, -0.05) is 78.9 Å². The van der Waals surface area contributed by atoms with Crippen molar-refractivity contribution in [1.29, 1.82) is 0 Å². The van der Waals surface area contributed by atoms with E-state index in [2.05, 4.69) is 4.98 Å². The highest BCUT2D eigenvalue weighted by molar-refractivity contribution is 7.89. The van der Waals surface area contributed by atoms with Crippen LogP contribution in [0.25, 0.3) is 22.8 Å². The second-order valence-corrected chi connectivity index (χ2v) is 8.79. The van der Waals surface area contributed by atoms with Crippen LogP contribution in [0.3, 0.4) is 0 Å². The summed E-state index contributed by atoms with van der Waals surface area (Å²) < 4.78 is 34.5. The lowest BCUT2D eigenvalue weighted by atomic mass is 10.2. The zero-order valence-electron chi connectivity index (χ0n) is 16.8. The van der Waals surface area contributed by atoms with Crippen molar-refractivity contribution in [3.8, 4) is 22.8 Å². The van der Waals surface area contributed by atoms with Gasteiger partial charge >= 0.3 is 0 Å². The van der Waals surface area contributed by atoms with Gasteiger partial charge in [0.05, 0.1) is 6.61 Å². The number of hydrogen-bond acceptors (Lipinski definition) is 5. The first-order valence-corrected chi connectivity index (χ1v) is 11.3. The summed E-state index contributed by atoms with van der Waals surface area (Å²) in [5.41, 5.74) is 2.10. The van der Waals surface area contributed by atoms with E-state index in [1.54, 1.807) is 12.1 Å². The molecule has 0 amide bonds. The fourth-order valence-corrected chi connectivity index (χ4v) is 4.74. The van der Waals surface area contributed by atoms with E-state index >= 15 is 0 Å². The van der Waals surface area contributed by atoms with E-state index in [0.29, 0.717) is 11.1 Å². The van der Waals surface area contributed by atoms with E-state index in [-0.39, 0.29) is 36.4 Å². The second kappa shape index (κ2) is 9.26. The summed E-state index contributed by atoms with van der Waals surface area (Å²) in [5, 5.41) is 9.38. The molecule has 0 radical (unpaired) electrons. The Morgan fingerprint density at radius 2 is 1.35 bits per heavy atom. The molecule has 0 aliphatic carbocycles. The lowest BCUT2D eigenvalue weighted by Crippen LogP contribution is -2.33. The van der Waals surface area contributed by atoms with Gasteiger partial charge in [-0.15, -0.1) is 0 Å². The average molecular weight is 435 g/mol. The van der Waals surface area contributed by atoms with Crippen molar-refractivity contribution in [2.24, 2.45) is 0 Å². The molecule has 158 valence electrons. The Balaban J connectivity index is 1.82.